The van der Waals surface area contributed by atoms with E-state index in [0.29, 0.717) is 39.0 Å². The number of unbranched alkanes of at least 4 members (excludes halogenated alkanes) is 1. The van der Waals surface area contributed by atoms with E-state index in [-0.39, 0.29) is 103 Å². The molecule has 8 rings (SSSR count). The molecule has 5 atom stereocenters. The highest BCUT2D eigenvalue weighted by atomic mass is 32.1. The Morgan fingerprint density at radius 2 is 1.27 bits per heavy atom. The van der Waals surface area contributed by atoms with Gasteiger partial charge in [-0.2, -0.15) is 0 Å². The number of para-hydroxylation sites is 3. The Kier molecular flexibility index (Phi) is 26.2. The van der Waals surface area contributed by atoms with Gasteiger partial charge in [0.05, 0.1) is 29.9 Å². The fourth-order valence-electron chi connectivity index (χ4n) is 12.1. The van der Waals surface area contributed by atoms with E-state index in [2.05, 4.69) is 52.8 Å². The van der Waals surface area contributed by atoms with E-state index in [9.17, 15) is 82.8 Å². The molecule has 15 N–H and O–H groups in total. The molecule has 102 heavy (non-hydrogen) atoms. The summed E-state index contributed by atoms with van der Waals surface area (Å²) >= 11 is 5.48. The van der Waals surface area contributed by atoms with Gasteiger partial charge in [-0.3, -0.25) is 43.2 Å². The number of carboxylic acid groups (broad SMARTS) is 4. The summed E-state index contributed by atoms with van der Waals surface area (Å²) in [6.45, 7) is 5.07. The first-order valence-electron chi connectivity index (χ1n) is 33.2. The van der Waals surface area contributed by atoms with Gasteiger partial charge in [-0.25, -0.2) is 19.2 Å². The molecular formula is C71H82N12O18S. The first-order valence-corrected chi connectivity index (χ1v) is 33.6. The minimum atomic E-state index is -1.96. The number of nitrogens with two attached hydrogens (primary N) is 1. The molecule has 4 aliphatic rings. The van der Waals surface area contributed by atoms with Gasteiger partial charge in [0, 0.05) is 77.0 Å². The van der Waals surface area contributed by atoms with Crippen LogP contribution in [0.15, 0.2) is 118 Å². The summed E-state index contributed by atoms with van der Waals surface area (Å²) in [6, 6.07) is 18.7. The van der Waals surface area contributed by atoms with Crippen LogP contribution in [0.3, 0.4) is 0 Å². The van der Waals surface area contributed by atoms with Gasteiger partial charge in [0.2, 0.25) is 17.7 Å². The average molecular weight is 1420 g/mol. The smallest absolute Gasteiger partial charge is 0.336 e. The van der Waals surface area contributed by atoms with Crippen LogP contribution in [0.2, 0.25) is 0 Å². The van der Waals surface area contributed by atoms with E-state index in [1.807, 2.05) is 12.1 Å². The number of benzene rings is 5. The normalized spacial score (nSPS) is 15.0. The fraction of sp³-hybridized carbons (Fsp3) is 0.380. The van der Waals surface area contributed by atoms with Crippen molar-refractivity contribution in [2.75, 3.05) is 46.6 Å². The zero-order valence-corrected chi connectivity index (χ0v) is 57.1. The summed E-state index contributed by atoms with van der Waals surface area (Å²) in [7, 11) is 0. The van der Waals surface area contributed by atoms with Crippen molar-refractivity contribution in [1.29, 1.82) is 0 Å². The third kappa shape index (κ3) is 20.8. The number of aromatic carboxylic acids is 1. The van der Waals surface area contributed by atoms with Crippen LogP contribution in [0, 0.1) is 5.41 Å². The predicted molar refractivity (Wildman–Crippen MR) is 380 cm³/mol. The number of ketones is 1. The molecule has 9 amide bonds. The lowest BCUT2D eigenvalue weighted by Gasteiger charge is -2.37. The molecule has 31 heteroatoms. The highest BCUT2D eigenvalue weighted by Crippen LogP contribution is 2.42. The second-order valence-electron chi connectivity index (χ2n) is 25.8. The number of rotatable bonds is 31. The Bertz CT molecular complexity index is 4210. The number of aliphatic carboxylic acids is 3. The second-order valence-corrected chi connectivity index (χ2v) is 26.3. The van der Waals surface area contributed by atoms with Gasteiger partial charge < -0.3 is 88.2 Å². The maximum atomic E-state index is 14.6. The predicted octanol–water partition coefficient (Wildman–Crippen LogP) is 6.14. The van der Waals surface area contributed by atoms with Crippen LogP contribution in [-0.2, 0) is 38.4 Å². The quantitative estimate of drug-likeness (QED) is 0.0132. The number of hydrogen-bond donors (Lipinski definition) is 14. The summed E-state index contributed by atoms with van der Waals surface area (Å²) in [4.78, 5) is 175. The first kappa shape index (κ1) is 76.3. The van der Waals surface area contributed by atoms with E-state index in [1.54, 1.807) is 75.4 Å². The van der Waals surface area contributed by atoms with E-state index in [0.717, 1.165) is 37.8 Å². The van der Waals surface area contributed by atoms with Crippen LogP contribution in [-0.4, -0.2) is 159 Å². The number of amides is 9. The van der Waals surface area contributed by atoms with Crippen molar-refractivity contribution >= 4 is 122 Å². The van der Waals surface area contributed by atoms with Gasteiger partial charge in [0.1, 0.15) is 41.6 Å². The highest BCUT2D eigenvalue weighted by Gasteiger charge is 2.40. The molecule has 0 radical (unpaired) electrons. The number of carbonyl (C=O) groups excluding carboxylic acids is 8. The van der Waals surface area contributed by atoms with Crippen LogP contribution in [0.25, 0.3) is 33.4 Å². The Morgan fingerprint density at radius 3 is 1.96 bits per heavy atom. The lowest BCUT2D eigenvalue weighted by atomic mass is 9.90. The second kappa shape index (κ2) is 35.0. The molecule has 3 unspecified atom stereocenters. The van der Waals surface area contributed by atoms with Gasteiger partial charge >= 0.3 is 35.9 Å². The fourth-order valence-corrected chi connectivity index (χ4v) is 12.3. The minimum absolute atomic E-state index is 0.0397. The summed E-state index contributed by atoms with van der Waals surface area (Å²) in [6.07, 6.45) is 2.10. The van der Waals surface area contributed by atoms with E-state index in [4.69, 9.17) is 22.4 Å². The summed E-state index contributed by atoms with van der Waals surface area (Å²) in [5, 5.41) is 63.8. The monoisotopic (exact) mass is 1420 g/mol. The number of thiocarbonyl (C=S) groups is 1. The molecule has 2 aliphatic heterocycles. The summed E-state index contributed by atoms with van der Waals surface area (Å²) in [5.41, 5.74) is 7.34. The number of Topliss-reactive ketones (excluding diaryl/α,β-unsaturated/α-hetero) is 1. The number of carbonyl (C=O) groups is 12. The van der Waals surface area contributed by atoms with E-state index >= 15 is 0 Å². The third-order valence-corrected chi connectivity index (χ3v) is 17.6. The van der Waals surface area contributed by atoms with Gasteiger partial charge in [0.25, 0.3) is 11.8 Å². The number of nitrogens with one attached hydrogen (secondary N) is 9. The molecule has 1 fully saturated rings. The number of anilines is 4. The molecule has 4 aromatic rings. The lowest BCUT2D eigenvalue weighted by molar-refractivity contribution is -0.144. The molecule has 0 bridgehead atoms. The van der Waals surface area contributed by atoms with Crippen molar-refractivity contribution in [3.63, 3.8) is 0 Å². The van der Waals surface area contributed by atoms with E-state index < -0.39 is 120 Å². The van der Waals surface area contributed by atoms with Crippen molar-refractivity contribution in [3.05, 3.63) is 131 Å². The van der Waals surface area contributed by atoms with Crippen LogP contribution < -0.4 is 68.8 Å². The number of primary amides is 1. The number of nitrogens with zero attached hydrogens (tertiary/aromatic N) is 2. The first-order chi connectivity index (χ1) is 48.5. The molecule has 30 nitrogen and oxygen atoms in total. The number of carboxylic acids is 4. The van der Waals surface area contributed by atoms with Gasteiger partial charge in [-0.15, -0.1) is 0 Å². The minimum Gasteiger partial charge on any atom is -0.481 e. The molecule has 1 saturated carbocycles. The third-order valence-electron chi connectivity index (χ3n) is 17.3. The number of fused-ring (bicyclic) bond motifs is 3. The van der Waals surface area contributed by atoms with Crippen LogP contribution >= 0.6 is 12.2 Å². The molecule has 4 aromatic carbocycles. The van der Waals surface area contributed by atoms with Crippen molar-refractivity contribution < 1.29 is 82.4 Å². The summed E-state index contributed by atoms with van der Waals surface area (Å²) in [5.74, 6) is -10.7. The molecule has 0 spiro atoms. The van der Waals surface area contributed by atoms with Crippen molar-refractivity contribution in [1.82, 2.24) is 37.2 Å². The zero-order chi connectivity index (χ0) is 73.9. The molecule has 0 saturated heterocycles. The summed E-state index contributed by atoms with van der Waals surface area (Å²) < 4.78 is 5.98. The van der Waals surface area contributed by atoms with Crippen molar-refractivity contribution in [3.8, 4) is 22.5 Å². The van der Waals surface area contributed by atoms with Crippen molar-refractivity contribution in [2.24, 2.45) is 11.1 Å². The Balaban J connectivity index is 0.886. The SMILES string of the molecule is CC(C)(C)C(=O)CN1C(=O)[C@H](NC(=O)Nc2cccc(C(=O)NC(CCC(=O)O)C(=O)NC(CCCNC(N)=O)C(=O)NC(CC(=O)O)C(=O)N[C@@H](CCCCNC(=S)Nc3ccc(-c4c5ccc(=O)cc-5oc5ccccc45)c(C(=O)O)c3)C(=O)O)c2)CN(C2CCCCC2)c2ccccc21. The largest absolute Gasteiger partial charge is 0.481 e. The van der Waals surface area contributed by atoms with Gasteiger partial charge in [-0.05, 0) is 130 Å². The zero-order valence-electron chi connectivity index (χ0n) is 56.3. The Morgan fingerprint density at radius 1 is 0.637 bits per heavy atom. The molecule has 2 aliphatic carbocycles. The van der Waals surface area contributed by atoms with Crippen LogP contribution in [0.4, 0.5) is 32.3 Å². The molecule has 2 heterocycles. The van der Waals surface area contributed by atoms with Crippen LogP contribution in [0.1, 0.15) is 125 Å². The van der Waals surface area contributed by atoms with Gasteiger partial charge in [0.15, 0.2) is 16.3 Å². The van der Waals surface area contributed by atoms with Crippen molar-refractivity contribution in [2.45, 2.75) is 140 Å². The molecule has 0 aromatic heterocycles. The lowest BCUT2D eigenvalue weighted by Crippen LogP contribution is -2.58. The maximum absolute atomic E-state index is 14.6. The Hall–Kier alpha value is -11.5. The number of urea groups is 2. The average Bonchev–Trinajstić information content (AvgIpc) is 0.796. The highest BCUT2D eigenvalue weighted by molar-refractivity contribution is 7.80. The maximum Gasteiger partial charge on any atom is 0.336 e. The van der Waals surface area contributed by atoms with Gasteiger partial charge in [-0.1, -0.05) is 82.5 Å². The van der Waals surface area contributed by atoms with Crippen LogP contribution in [0.5, 0.6) is 0 Å². The molecule has 540 valence electrons. The van der Waals surface area contributed by atoms with E-state index in [1.165, 1.54) is 47.4 Å². The topological polar surface area (TPSA) is 457 Å². The number of hydrogen-bond acceptors (Lipinski definition) is 16. The Labute approximate surface area is 590 Å². The standard InChI is InChI=1S/C71H82N12O18S/c1-71(2,3)57(85)38-83-54-23-9-8-22-53(54)82(42-17-5-4-6-18-42)37-52(65(83)94)81-69(100)75-40-16-13-15-39(33-40)61(90)77-49(29-30-58(86)87)63(92)78-48(21-14-32-73-68(72)99)62(91)80-51(36-59(88)89)64(93)79-50(67(97)98)20-11-12-31-74-70(102)76-41-25-27-44(47(34-41)66(95)96)60-45-19-7-10-24-55(45)101-56-35-43(84)26-28-46(56)60/h7-10,13,15-16,19,22-28,33-35,42,48-52H,4-6,11-12,14,17-18,20-21,29-32,36-38H2,1-3H3,(H,77,90)(H,78,92)(H,79,93)(H,80,91)(H,86,87)(H,88,89)(H,95,96)(H,97,98)(H3,72,73,99)(H2,74,76,102)(H2,75,81,100)/t48?,49?,50-,51?,52+/m0/s1. The molecular weight excluding hydrogens is 1340 g/mol.